The maximum Gasteiger partial charge on any atom is 0.233 e. The number of likely N-dealkylation sites (tertiary alicyclic amines) is 1. The highest BCUT2D eigenvalue weighted by molar-refractivity contribution is 7.11. The van der Waals surface area contributed by atoms with Gasteiger partial charge in [0.2, 0.25) is 5.91 Å². The van der Waals surface area contributed by atoms with Crippen LogP contribution in [0.3, 0.4) is 0 Å². The second kappa shape index (κ2) is 6.98. The van der Waals surface area contributed by atoms with Gasteiger partial charge in [-0.2, -0.15) is 0 Å². The van der Waals surface area contributed by atoms with Crippen molar-refractivity contribution in [2.24, 2.45) is 0 Å². The van der Waals surface area contributed by atoms with Crippen molar-refractivity contribution in [3.8, 4) is 0 Å². The van der Waals surface area contributed by atoms with Crippen LogP contribution in [0.15, 0.2) is 6.20 Å². The van der Waals surface area contributed by atoms with Gasteiger partial charge in [0.15, 0.2) is 0 Å². The molecular formula is C13H22N4OS. The molecule has 6 heteroatoms. The van der Waals surface area contributed by atoms with Gasteiger partial charge >= 0.3 is 0 Å². The van der Waals surface area contributed by atoms with Gasteiger partial charge in [0.25, 0.3) is 0 Å². The zero-order valence-corrected chi connectivity index (χ0v) is 12.4. The fourth-order valence-electron chi connectivity index (χ4n) is 2.31. The fourth-order valence-corrected chi connectivity index (χ4v) is 3.06. The van der Waals surface area contributed by atoms with Gasteiger partial charge in [0, 0.05) is 43.8 Å². The van der Waals surface area contributed by atoms with E-state index in [1.165, 1.54) is 4.88 Å². The number of likely N-dealkylation sites (N-methyl/N-ethyl adjacent to an activating group) is 1. The lowest BCUT2D eigenvalue weighted by Crippen LogP contribution is -2.45. The maximum atomic E-state index is 11.3. The third-order valence-electron chi connectivity index (χ3n) is 3.47. The number of thiazole rings is 1. The van der Waals surface area contributed by atoms with E-state index < -0.39 is 0 Å². The van der Waals surface area contributed by atoms with E-state index >= 15 is 0 Å². The third kappa shape index (κ3) is 4.56. The Morgan fingerprint density at radius 1 is 1.53 bits per heavy atom. The van der Waals surface area contributed by atoms with Crippen molar-refractivity contribution in [2.45, 2.75) is 32.4 Å². The molecule has 0 radical (unpaired) electrons. The minimum atomic E-state index is 0.103. The Labute approximate surface area is 118 Å². The summed E-state index contributed by atoms with van der Waals surface area (Å²) in [6, 6.07) is 0.559. The summed E-state index contributed by atoms with van der Waals surface area (Å²) in [7, 11) is 1.69. The van der Waals surface area contributed by atoms with Gasteiger partial charge in [-0.15, -0.1) is 11.3 Å². The van der Waals surface area contributed by atoms with E-state index in [-0.39, 0.29) is 5.91 Å². The second-order valence-corrected chi connectivity index (χ2v) is 6.27. The highest BCUT2D eigenvalue weighted by Crippen LogP contribution is 2.14. The summed E-state index contributed by atoms with van der Waals surface area (Å²) in [4.78, 5) is 19.1. The minimum absolute atomic E-state index is 0.103. The first-order valence-corrected chi connectivity index (χ1v) is 7.56. The van der Waals surface area contributed by atoms with E-state index in [0.717, 1.165) is 37.5 Å². The van der Waals surface area contributed by atoms with E-state index in [0.29, 0.717) is 12.6 Å². The number of nitrogens with zero attached hydrogens (tertiary/aromatic N) is 2. The lowest BCUT2D eigenvalue weighted by Gasteiger charge is -2.31. The molecule has 0 aromatic carbocycles. The Balaban J connectivity index is 1.67. The molecule has 1 saturated heterocycles. The maximum absolute atomic E-state index is 11.3. The van der Waals surface area contributed by atoms with E-state index in [4.69, 9.17) is 0 Å². The molecule has 0 bridgehead atoms. The highest BCUT2D eigenvalue weighted by Gasteiger charge is 2.20. The van der Waals surface area contributed by atoms with Gasteiger partial charge in [-0.05, 0) is 19.8 Å². The molecule has 1 aliphatic rings. The van der Waals surface area contributed by atoms with E-state index in [1.54, 1.807) is 18.4 Å². The number of amides is 1. The van der Waals surface area contributed by atoms with Crippen LogP contribution < -0.4 is 10.6 Å². The monoisotopic (exact) mass is 282 g/mol. The zero-order chi connectivity index (χ0) is 13.7. The smallest absolute Gasteiger partial charge is 0.233 e. The number of carbonyl (C=O) groups is 1. The van der Waals surface area contributed by atoms with Crippen molar-refractivity contribution >= 4 is 17.2 Å². The number of aryl methyl sites for hydroxylation is 1. The fraction of sp³-hybridized carbons (Fsp3) is 0.692. The highest BCUT2D eigenvalue weighted by atomic mass is 32.1. The summed E-state index contributed by atoms with van der Waals surface area (Å²) in [5.74, 6) is 0.103. The van der Waals surface area contributed by atoms with Crippen LogP contribution >= 0.6 is 11.3 Å². The molecule has 2 heterocycles. The molecule has 0 saturated carbocycles. The Bertz CT molecular complexity index is 413. The predicted octanol–water partition coefficient (Wildman–Crippen LogP) is 0.752. The SMILES string of the molecule is CNC(=O)CN1CCC(NCc2cnc(C)s2)CC1. The number of carbonyl (C=O) groups excluding carboxylic acids is 1. The van der Waals surface area contributed by atoms with E-state index in [9.17, 15) is 4.79 Å². The quantitative estimate of drug-likeness (QED) is 0.837. The molecule has 0 atom stereocenters. The Morgan fingerprint density at radius 3 is 2.84 bits per heavy atom. The van der Waals surface area contributed by atoms with Crippen LogP contribution in [-0.2, 0) is 11.3 Å². The lowest BCUT2D eigenvalue weighted by molar-refractivity contribution is -0.122. The van der Waals surface area contributed by atoms with Crippen LogP contribution in [-0.4, -0.2) is 48.5 Å². The molecular weight excluding hydrogens is 260 g/mol. The summed E-state index contributed by atoms with van der Waals surface area (Å²) in [6.07, 6.45) is 4.16. The molecule has 0 aliphatic carbocycles. The summed E-state index contributed by atoms with van der Waals surface area (Å²) < 4.78 is 0. The van der Waals surface area contributed by atoms with E-state index in [2.05, 4.69) is 20.5 Å². The molecule has 2 rings (SSSR count). The first kappa shape index (κ1) is 14.4. The number of aromatic nitrogens is 1. The molecule has 0 unspecified atom stereocenters. The molecule has 5 nitrogen and oxygen atoms in total. The largest absolute Gasteiger partial charge is 0.358 e. The Kier molecular flexibility index (Phi) is 5.30. The lowest BCUT2D eigenvalue weighted by atomic mass is 10.1. The number of rotatable bonds is 5. The summed E-state index contributed by atoms with van der Waals surface area (Å²) in [5, 5.41) is 7.38. The molecule has 1 aromatic rings. The van der Waals surface area contributed by atoms with Crippen molar-refractivity contribution in [1.29, 1.82) is 0 Å². The number of hydrogen-bond donors (Lipinski definition) is 2. The van der Waals surface area contributed by atoms with Gasteiger partial charge in [-0.1, -0.05) is 0 Å². The summed E-state index contributed by atoms with van der Waals surface area (Å²) in [6.45, 7) is 5.45. The average molecular weight is 282 g/mol. The van der Waals surface area contributed by atoms with Crippen LogP contribution in [0.5, 0.6) is 0 Å². The van der Waals surface area contributed by atoms with Crippen molar-refractivity contribution in [2.75, 3.05) is 26.7 Å². The van der Waals surface area contributed by atoms with Crippen LogP contribution in [0.1, 0.15) is 22.7 Å². The van der Waals surface area contributed by atoms with Crippen LogP contribution in [0.4, 0.5) is 0 Å². The van der Waals surface area contributed by atoms with Crippen molar-refractivity contribution in [1.82, 2.24) is 20.5 Å². The van der Waals surface area contributed by atoms with Gasteiger partial charge in [-0.3, -0.25) is 9.69 Å². The van der Waals surface area contributed by atoms with Crippen LogP contribution in [0.2, 0.25) is 0 Å². The standard InChI is InChI=1S/C13H22N4OS/c1-10-15-7-12(19-10)8-16-11-3-5-17(6-4-11)9-13(18)14-2/h7,11,16H,3-6,8-9H2,1-2H3,(H,14,18). The van der Waals surface area contributed by atoms with Crippen LogP contribution in [0.25, 0.3) is 0 Å². The molecule has 0 spiro atoms. The number of hydrogen-bond acceptors (Lipinski definition) is 5. The summed E-state index contributed by atoms with van der Waals surface area (Å²) >= 11 is 1.75. The predicted molar refractivity (Wildman–Crippen MR) is 77.2 cm³/mol. The molecule has 1 amide bonds. The molecule has 106 valence electrons. The van der Waals surface area contributed by atoms with Crippen molar-refractivity contribution in [3.63, 3.8) is 0 Å². The van der Waals surface area contributed by atoms with Crippen molar-refractivity contribution < 1.29 is 4.79 Å². The summed E-state index contributed by atoms with van der Waals surface area (Å²) in [5.41, 5.74) is 0. The molecule has 2 N–H and O–H groups in total. The van der Waals surface area contributed by atoms with Gasteiger partial charge in [0.1, 0.15) is 0 Å². The van der Waals surface area contributed by atoms with E-state index in [1.807, 2.05) is 13.1 Å². The van der Waals surface area contributed by atoms with Crippen molar-refractivity contribution in [3.05, 3.63) is 16.1 Å². The molecule has 1 aromatic heterocycles. The molecule has 1 aliphatic heterocycles. The first-order valence-electron chi connectivity index (χ1n) is 6.75. The Morgan fingerprint density at radius 2 is 2.26 bits per heavy atom. The molecule has 1 fully saturated rings. The second-order valence-electron chi connectivity index (χ2n) is 4.95. The van der Waals surface area contributed by atoms with Gasteiger partial charge in [0.05, 0.1) is 11.6 Å². The van der Waals surface area contributed by atoms with Gasteiger partial charge in [-0.25, -0.2) is 4.98 Å². The first-order chi connectivity index (χ1) is 9.17. The third-order valence-corrected chi connectivity index (χ3v) is 4.38. The number of piperidine rings is 1. The topological polar surface area (TPSA) is 57.3 Å². The van der Waals surface area contributed by atoms with Crippen LogP contribution in [0, 0.1) is 6.92 Å². The number of nitrogens with one attached hydrogen (secondary N) is 2. The Hall–Kier alpha value is -0.980. The minimum Gasteiger partial charge on any atom is -0.358 e. The normalized spacial score (nSPS) is 17.6. The molecule has 19 heavy (non-hydrogen) atoms. The zero-order valence-electron chi connectivity index (χ0n) is 11.6. The van der Waals surface area contributed by atoms with Gasteiger partial charge < -0.3 is 10.6 Å². The average Bonchev–Trinajstić information content (AvgIpc) is 2.83.